The zero-order valence-corrected chi connectivity index (χ0v) is 11.2. The monoisotopic (exact) mass is 308 g/mol. The van der Waals surface area contributed by atoms with Crippen molar-refractivity contribution in [1.82, 2.24) is 9.78 Å². The first-order chi connectivity index (χ1) is 8.80. The van der Waals surface area contributed by atoms with Gasteiger partial charge in [0.15, 0.2) is 11.5 Å². The fraction of sp³-hybridized carbons (Fsp3) is 0.273. The SMILES string of the molecule is CC(C(=O)c1sccc1Cl)n1ccc(C(F)(F)F)n1. The minimum absolute atomic E-state index is 0.296. The van der Waals surface area contributed by atoms with Crippen molar-refractivity contribution in [2.45, 2.75) is 19.1 Å². The number of carbonyl (C=O) groups excluding carboxylic acids is 1. The van der Waals surface area contributed by atoms with Gasteiger partial charge in [0.2, 0.25) is 0 Å². The maximum atomic E-state index is 12.4. The van der Waals surface area contributed by atoms with Gasteiger partial charge in [-0.25, -0.2) is 0 Å². The van der Waals surface area contributed by atoms with Gasteiger partial charge in [-0.15, -0.1) is 11.3 Å². The van der Waals surface area contributed by atoms with Crippen molar-refractivity contribution in [3.63, 3.8) is 0 Å². The number of carbonyl (C=O) groups is 1. The van der Waals surface area contributed by atoms with E-state index in [1.807, 2.05) is 0 Å². The van der Waals surface area contributed by atoms with Gasteiger partial charge in [-0.05, 0) is 24.4 Å². The van der Waals surface area contributed by atoms with Crippen LogP contribution in [-0.4, -0.2) is 15.6 Å². The molecule has 2 aromatic heterocycles. The average molecular weight is 309 g/mol. The Morgan fingerprint density at radius 1 is 1.47 bits per heavy atom. The van der Waals surface area contributed by atoms with Crippen molar-refractivity contribution in [2.24, 2.45) is 0 Å². The molecule has 0 radical (unpaired) electrons. The number of aromatic nitrogens is 2. The Hall–Kier alpha value is -1.34. The summed E-state index contributed by atoms with van der Waals surface area (Å²) in [4.78, 5) is 12.4. The van der Waals surface area contributed by atoms with Crippen molar-refractivity contribution in [3.8, 4) is 0 Å². The topological polar surface area (TPSA) is 34.9 Å². The molecule has 8 heteroatoms. The van der Waals surface area contributed by atoms with E-state index in [4.69, 9.17) is 11.6 Å². The van der Waals surface area contributed by atoms with E-state index in [1.54, 1.807) is 11.4 Å². The highest BCUT2D eigenvalue weighted by Gasteiger charge is 2.34. The van der Waals surface area contributed by atoms with Crippen LogP contribution in [0.1, 0.15) is 28.3 Å². The fourth-order valence-electron chi connectivity index (χ4n) is 1.48. The van der Waals surface area contributed by atoms with Gasteiger partial charge in [-0.2, -0.15) is 18.3 Å². The quantitative estimate of drug-likeness (QED) is 0.801. The first-order valence-electron chi connectivity index (χ1n) is 5.20. The minimum Gasteiger partial charge on any atom is -0.291 e. The lowest BCUT2D eigenvalue weighted by molar-refractivity contribution is -0.141. The number of alkyl halides is 3. The highest BCUT2D eigenvalue weighted by atomic mass is 35.5. The van der Waals surface area contributed by atoms with E-state index >= 15 is 0 Å². The molecule has 3 nitrogen and oxygen atoms in total. The van der Waals surface area contributed by atoms with Crippen molar-refractivity contribution in [2.75, 3.05) is 0 Å². The standard InChI is InChI=1S/C11H8ClF3N2OS/c1-6(9(18)10-7(12)3-5-19-10)17-4-2-8(16-17)11(13,14)15/h2-6H,1H3. The molecule has 0 aliphatic carbocycles. The molecule has 0 aromatic carbocycles. The summed E-state index contributed by atoms with van der Waals surface area (Å²) >= 11 is 6.97. The van der Waals surface area contributed by atoms with Gasteiger partial charge < -0.3 is 0 Å². The van der Waals surface area contributed by atoms with Crippen LogP contribution >= 0.6 is 22.9 Å². The van der Waals surface area contributed by atoms with Crippen molar-refractivity contribution < 1.29 is 18.0 Å². The Morgan fingerprint density at radius 3 is 2.63 bits per heavy atom. The third-order valence-electron chi connectivity index (χ3n) is 2.52. The summed E-state index contributed by atoms with van der Waals surface area (Å²) in [6, 6.07) is 1.56. The zero-order valence-electron chi connectivity index (χ0n) is 9.61. The van der Waals surface area contributed by atoms with E-state index in [2.05, 4.69) is 5.10 Å². The third kappa shape index (κ3) is 2.82. The Morgan fingerprint density at radius 2 is 2.16 bits per heavy atom. The van der Waals surface area contributed by atoms with Gasteiger partial charge >= 0.3 is 6.18 Å². The molecule has 1 atom stereocenters. The molecule has 19 heavy (non-hydrogen) atoms. The Labute approximate surface area is 115 Å². The Kier molecular flexibility index (Phi) is 3.69. The van der Waals surface area contributed by atoms with Crippen LogP contribution in [0.3, 0.4) is 0 Å². The summed E-state index contributed by atoms with van der Waals surface area (Å²) in [5.41, 5.74) is -1.02. The predicted molar refractivity (Wildman–Crippen MR) is 65.6 cm³/mol. The highest BCUT2D eigenvalue weighted by molar-refractivity contribution is 7.12. The lowest BCUT2D eigenvalue weighted by atomic mass is 10.2. The molecule has 2 aromatic rings. The second-order valence-corrected chi connectivity index (χ2v) is 5.14. The van der Waals surface area contributed by atoms with Gasteiger partial charge in [-0.3, -0.25) is 9.48 Å². The molecule has 0 bridgehead atoms. The van der Waals surface area contributed by atoms with Gasteiger partial charge in [0.25, 0.3) is 0 Å². The van der Waals surface area contributed by atoms with Gasteiger partial charge in [0, 0.05) is 6.20 Å². The number of hydrogen-bond acceptors (Lipinski definition) is 3. The lowest BCUT2D eigenvalue weighted by Gasteiger charge is -2.10. The molecular weight excluding hydrogens is 301 g/mol. The van der Waals surface area contributed by atoms with Crippen LogP contribution in [0.5, 0.6) is 0 Å². The van der Waals surface area contributed by atoms with Gasteiger partial charge in [-0.1, -0.05) is 11.6 Å². The molecule has 0 saturated carbocycles. The number of nitrogens with zero attached hydrogens (tertiary/aromatic N) is 2. The lowest BCUT2D eigenvalue weighted by Crippen LogP contribution is -2.18. The predicted octanol–water partition coefficient (Wildman–Crippen LogP) is 4.06. The number of ketones is 1. The molecule has 0 aliphatic heterocycles. The van der Waals surface area contributed by atoms with E-state index < -0.39 is 17.9 Å². The van der Waals surface area contributed by atoms with Crippen LogP contribution in [0.15, 0.2) is 23.7 Å². The smallest absolute Gasteiger partial charge is 0.291 e. The van der Waals surface area contributed by atoms with Gasteiger partial charge in [0.05, 0.1) is 9.90 Å². The van der Waals surface area contributed by atoms with Crippen molar-refractivity contribution in [1.29, 1.82) is 0 Å². The zero-order chi connectivity index (χ0) is 14.2. The maximum Gasteiger partial charge on any atom is 0.435 e. The van der Waals surface area contributed by atoms with E-state index in [-0.39, 0.29) is 5.78 Å². The number of hydrogen-bond donors (Lipinski definition) is 0. The van der Waals surface area contributed by atoms with Crippen LogP contribution < -0.4 is 0 Å². The number of rotatable bonds is 3. The van der Waals surface area contributed by atoms with Crippen LogP contribution in [0.25, 0.3) is 0 Å². The van der Waals surface area contributed by atoms with Crippen LogP contribution in [-0.2, 0) is 6.18 Å². The van der Waals surface area contributed by atoms with Crippen LogP contribution in [0.4, 0.5) is 13.2 Å². The van der Waals surface area contributed by atoms with E-state index in [0.717, 1.165) is 28.3 Å². The molecule has 0 saturated heterocycles. The molecular formula is C11H8ClF3N2OS. The minimum atomic E-state index is -4.52. The summed E-state index contributed by atoms with van der Waals surface area (Å²) in [6.07, 6.45) is -3.39. The first kappa shape index (κ1) is 14.1. The molecule has 2 rings (SSSR count). The number of Topliss-reactive ketones (excluding diaryl/α,β-unsaturated/α-hetero) is 1. The van der Waals surface area contributed by atoms with Gasteiger partial charge in [0.1, 0.15) is 6.04 Å². The molecule has 0 aliphatic rings. The molecule has 102 valence electrons. The largest absolute Gasteiger partial charge is 0.435 e. The molecule has 1 unspecified atom stereocenters. The maximum absolute atomic E-state index is 12.4. The summed E-state index contributed by atoms with van der Waals surface area (Å²) in [5, 5.41) is 5.32. The highest BCUT2D eigenvalue weighted by Crippen LogP contribution is 2.29. The Balaban J connectivity index is 2.25. The summed E-state index contributed by atoms with van der Waals surface area (Å²) in [7, 11) is 0. The Bertz CT molecular complexity index is 605. The molecule has 0 N–H and O–H groups in total. The summed E-state index contributed by atoms with van der Waals surface area (Å²) < 4.78 is 38.3. The second kappa shape index (κ2) is 4.97. The number of halogens is 4. The average Bonchev–Trinajstić information content (AvgIpc) is 2.94. The normalized spacial score (nSPS) is 13.5. The van der Waals surface area contributed by atoms with Crippen LogP contribution in [0, 0.1) is 0 Å². The second-order valence-electron chi connectivity index (χ2n) is 3.82. The fourth-order valence-corrected chi connectivity index (χ4v) is 2.66. The first-order valence-corrected chi connectivity index (χ1v) is 6.46. The molecule has 0 spiro atoms. The van der Waals surface area contributed by atoms with E-state index in [0.29, 0.717) is 9.90 Å². The summed E-state index contributed by atoms with van der Waals surface area (Å²) in [6.45, 7) is 1.48. The number of thiophene rings is 1. The van der Waals surface area contributed by atoms with Crippen molar-refractivity contribution >= 4 is 28.7 Å². The summed E-state index contributed by atoms with van der Waals surface area (Å²) in [5.74, 6) is -0.364. The van der Waals surface area contributed by atoms with Crippen LogP contribution in [0.2, 0.25) is 5.02 Å². The molecule has 0 amide bonds. The van der Waals surface area contributed by atoms with Crippen molar-refractivity contribution in [3.05, 3.63) is 39.3 Å². The molecule has 0 fully saturated rings. The third-order valence-corrected chi connectivity index (χ3v) is 3.87. The molecule has 2 heterocycles. The van der Waals surface area contributed by atoms with E-state index in [9.17, 15) is 18.0 Å². The van der Waals surface area contributed by atoms with E-state index in [1.165, 1.54) is 6.92 Å².